The Hall–Kier alpha value is -1.06. The van der Waals surface area contributed by atoms with Gasteiger partial charge in [0.15, 0.2) is 0 Å². The van der Waals surface area contributed by atoms with E-state index in [-0.39, 0.29) is 0 Å². The number of nitrogens with zero attached hydrogens (tertiary/aromatic N) is 1. The summed E-state index contributed by atoms with van der Waals surface area (Å²) in [4.78, 5) is 5.23. The fraction of sp³-hybridized carbons (Fsp3) is 0.250. The summed E-state index contributed by atoms with van der Waals surface area (Å²) in [5, 5.41) is 4.04. The lowest BCUT2D eigenvalue weighted by Gasteiger charge is -2.03. The standard InChI is InChI=1S/C10H9ClN2S.C2H6/c11-8-1-3-9(4-2-8)13-6-10-5-12-7-14-10;1-2/h1-5,7,13H,6H2;1-2H3. The Balaban J connectivity index is 0.000000606. The highest BCUT2D eigenvalue weighted by Crippen LogP contribution is 2.15. The van der Waals surface area contributed by atoms with Crippen molar-refractivity contribution in [1.29, 1.82) is 0 Å². The quantitative estimate of drug-likeness (QED) is 0.876. The summed E-state index contributed by atoms with van der Waals surface area (Å²) >= 11 is 7.42. The third kappa shape index (κ3) is 4.21. The lowest BCUT2D eigenvalue weighted by atomic mass is 10.3. The number of thiazole rings is 1. The third-order valence-corrected chi connectivity index (χ3v) is 2.83. The predicted molar refractivity (Wildman–Crippen MR) is 72.2 cm³/mol. The number of rotatable bonds is 3. The topological polar surface area (TPSA) is 24.9 Å². The van der Waals surface area contributed by atoms with Gasteiger partial charge in [0.05, 0.1) is 12.1 Å². The molecule has 2 rings (SSSR count). The molecule has 0 bridgehead atoms. The Morgan fingerprint density at radius 3 is 2.50 bits per heavy atom. The number of benzene rings is 1. The Kier molecular flexibility index (Phi) is 5.90. The molecule has 1 heterocycles. The van der Waals surface area contributed by atoms with E-state index in [0.29, 0.717) is 0 Å². The molecule has 4 heteroatoms. The van der Waals surface area contributed by atoms with Crippen molar-refractivity contribution in [3.63, 3.8) is 0 Å². The van der Waals surface area contributed by atoms with Gasteiger partial charge in [0.2, 0.25) is 0 Å². The Morgan fingerprint density at radius 1 is 1.25 bits per heavy atom. The van der Waals surface area contributed by atoms with E-state index in [0.717, 1.165) is 17.3 Å². The molecule has 0 radical (unpaired) electrons. The zero-order valence-electron chi connectivity index (χ0n) is 9.40. The van der Waals surface area contributed by atoms with Crippen LogP contribution < -0.4 is 5.32 Å². The van der Waals surface area contributed by atoms with Gasteiger partial charge in [-0.1, -0.05) is 25.4 Å². The van der Waals surface area contributed by atoms with Crippen molar-refractivity contribution in [3.8, 4) is 0 Å². The monoisotopic (exact) mass is 254 g/mol. The van der Waals surface area contributed by atoms with Crippen LogP contribution >= 0.6 is 22.9 Å². The fourth-order valence-electron chi connectivity index (χ4n) is 1.09. The molecule has 1 N–H and O–H groups in total. The van der Waals surface area contributed by atoms with Crippen LogP contribution in [0.15, 0.2) is 36.0 Å². The second kappa shape index (κ2) is 7.25. The summed E-state index contributed by atoms with van der Waals surface area (Å²) in [6.07, 6.45) is 1.87. The lowest BCUT2D eigenvalue weighted by Crippen LogP contribution is -1.96. The summed E-state index contributed by atoms with van der Waals surface area (Å²) in [6.45, 7) is 4.81. The van der Waals surface area contributed by atoms with Crippen molar-refractivity contribution in [2.75, 3.05) is 5.32 Å². The average Bonchev–Trinajstić information content (AvgIpc) is 2.84. The van der Waals surface area contributed by atoms with Crippen LogP contribution in [0.3, 0.4) is 0 Å². The van der Waals surface area contributed by atoms with Gasteiger partial charge in [-0.2, -0.15) is 0 Å². The zero-order valence-corrected chi connectivity index (χ0v) is 11.0. The molecule has 2 nitrogen and oxygen atoms in total. The first kappa shape index (κ1) is 13.0. The molecule has 0 saturated carbocycles. The van der Waals surface area contributed by atoms with Crippen molar-refractivity contribution < 1.29 is 0 Å². The minimum absolute atomic E-state index is 0.758. The number of nitrogens with one attached hydrogen (secondary N) is 1. The van der Waals surface area contributed by atoms with Gasteiger partial charge in [-0.05, 0) is 24.3 Å². The van der Waals surface area contributed by atoms with Crippen molar-refractivity contribution in [1.82, 2.24) is 4.98 Å². The number of hydrogen-bond acceptors (Lipinski definition) is 3. The fourth-order valence-corrected chi connectivity index (χ4v) is 1.75. The normalized spacial score (nSPS) is 9.19. The molecule has 1 aromatic carbocycles. The summed E-state index contributed by atoms with van der Waals surface area (Å²) in [6, 6.07) is 7.67. The minimum atomic E-state index is 0.758. The van der Waals surface area contributed by atoms with Crippen LogP contribution in [0.5, 0.6) is 0 Å². The smallest absolute Gasteiger partial charge is 0.0794 e. The number of halogens is 1. The molecule has 0 fully saturated rings. The van der Waals surface area contributed by atoms with Crippen molar-refractivity contribution in [3.05, 3.63) is 45.9 Å². The third-order valence-electron chi connectivity index (χ3n) is 1.79. The van der Waals surface area contributed by atoms with Crippen LogP contribution in [0.2, 0.25) is 5.02 Å². The molecule has 1 aromatic heterocycles. The molecular weight excluding hydrogens is 240 g/mol. The predicted octanol–water partition coefficient (Wildman–Crippen LogP) is 4.43. The van der Waals surface area contributed by atoms with E-state index in [1.165, 1.54) is 4.88 Å². The minimum Gasteiger partial charge on any atom is -0.380 e. The van der Waals surface area contributed by atoms with Gasteiger partial charge in [-0.25, -0.2) is 0 Å². The van der Waals surface area contributed by atoms with Crippen LogP contribution in [0, 0.1) is 0 Å². The number of hydrogen-bond donors (Lipinski definition) is 1. The van der Waals surface area contributed by atoms with Crippen LogP contribution in [0.25, 0.3) is 0 Å². The van der Waals surface area contributed by atoms with Crippen molar-refractivity contribution in [2.24, 2.45) is 0 Å². The number of anilines is 1. The second-order valence-electron chi connectivity index (χ2n) is 2.83. The summed E-state index contributed by atoms with van der Waals surface area (Å²) < 4.78 is 0. The molecule has 86 valence electrons. The SMILES string of the molecule is CC.Clc1ccc(NCc2cncs2)cc1. The maximum atomic E-state index is 5.78. The summed E-state index contributed by atoms with van der Waals surface area (Å²) in [7, 11) is 0. The van der Waals surface area contributed by atoms with Gasteiger partial charge in [0.1, 0.15) is 0 Å². The van der Waals surface area contributed by atoms with Crippen molar-refractivity contribution >= 4 is 28.6 Å². The molecule has 0 unspecified atom stereocenters. The molecular formula is C12H15ClN2S. The van der Waals surface area contributed by atoms with E-state index in [4.69, 9.17) is 11.6 Å². The average molecular weight is 255 g/mol. The van der Waals surface area contributed by atoms with Crippen LogP contribution in [0.4, 0.5) is 5.69 Å². The lowest BCUT2D eigenvalue weighted by molar-refractivity contribution is 1.17. The van der Waals surface area contributed by atoms with E-state index < -0.39 is 0 Å². The molecule has 0 aliphatic heterocycles. The maximum Gasteiger partial charge on any atom is 0.0794 e. The van der Waals surface area contributed by atoms with Gasteiger partial charge in [0, 0.05) is 21.8 Å². The van der Waals surface area contributed by atoms with Gasteiger partial charge in [-0.3, -0.25) is 4.98 Å². The summed E-state index contributed by atoms with van der Waals surface area (Å²) in [5.41, 5.74) is 2.90. The molecule has 0 aliphatic rings. The van der Waals surface area contributed by atoms with E-state index in [1.807, 2.05) is 49.8 Å². The highest BCUT2D eigenvalue weighted by atomic mass is 35.5. The molecule has 2 aromatic rings. The van der Waals surface area contributed by atoms with Crippen molar-refractivity contribution in [2.45, 2.75) is 20.4 Å². The molecule has 0 spiro atoms. The van der Waals surface area contributed by atoms with Gasteiger partial charge >= 0.3 is 0 Å². The highest BCUT2D eigenvalue weighted by Gasteiger charge is 1.95. The van der Waals surface area contributed by atoms with Crippen LogP contribution in [-0.4, -0.2) is 4.98 Å². The molecule has 0 amide bonds. The first-order chi connectivity index (χ1) is 7.84. The van der Waals surface area contributed by atoms with Gasteiger partial charge < -0.3 is 5.32 Å². The molecule has 0 saturated heterocycles. The molecule has 0 aliphatic carbocycles. The molecule has 0 atom stereocenters. The van der Waals surface area contributed by atoms with E-state index in [2.05, 4.69) is 10.3 Å². The Morgan fingerprint density at radius 2 is 1.94 bits per heavy atom. The largest absolute Gasteiger partial charge is 0.380 e. The van der Waals surface area contributed by atoms with Crippen LogP contribution in [0.1, 0.15) is 18.7 Å². The molecule has 16 heavy (non-hydrogen) atoms. The van der Waals surface area contributed by atoms with Crippen LogP contribution in [-0.2, 0) is 6.54 Å². The maximum absolute atomic E-state index is 5.78. The van der Waals surface area contributed by atoms with E-state index >= 15 is 0 Å². The Bertz CT molecular complexity index is 384. The zero-order chi connectivity index (χ0) is 11.8. The van der Waals surface area contributed by atoms with E-state index in [9.17, 15) is 0 Å². The van der Waals surface area contributed by atoms with Gasteiger partial charge in [0.25, 0.3) is 0 Å². The Labute approximate surface area is 105 Å². The first-order valence-electron chi connectivity index (χ1n) is 5.21. The number of aromatic nitrogens is 1. The summed E-state index contributed by atoms with van der Waals surface area (Å²) in [5.74, 6) is 0. The second-order valence-corrected chi connectivity index (χ2v) is 4.24. The van der Waals surface area contributed by atoms with Gasteiger partial charge in [-0.15, -0.1) is 11.3 Å². The highest BCUT2D eigenvalue weighted by molar-refractivity contribution is 7.09. The first-order valence-corrected chi connectivity index (χ1v) is 6.47. The van der Waals surface area contributed by atoms with E-state index in [1.54, 1.807) is 11.3 Å².